The largest absolute Gasteiger partial charge is 0.346 e. The lowest BCUT2D eigenvalue weighted by molar-refractivity contribution is 0.0940. The van der Waals surface area contributed by atoms with Crippen LogP contribution in [0.4, 0.5) is 10.1 Å². The zero-order valence-electron chi connectivity index (χ0n) is 17.7. The maximum Gasteiger partial charge on any atom is 0.251 e. The van der Waals surface area contributed by atoms with E-state index in [1.54, 1.807) is 36.4 Å². The molecule has 0 heterocycles. The van der Waals surface area contributed by atoms with E-state index in [0.717, 1.165) is 17.4 Å². The number of rotatable bonds is 7. The predicted molar refractivity (Wildman–Crippen MR) is 121 cm³/mol. The number of aryl methyl sites for hydroxylation is 1. The number of benzene rings is 3. The molecule has 0 saturated heterocycles. The SMILES string of the molecule is Cc1ccc([C@H](C)NC(=O)c2ccc(N(Cc3ccc(F)cc3)S(C)(=O)=O)cc2)cc1. The Hall–Kier alpha value is -3.19. The van der Waals surface area contributed by atoms with Gasteiger partial charge in [-0.2, -0.15) is 0 Å². The zero-order chi connectivity index (χ0) is 22.6. The minimum Gasteiger partial charge on any atom is -0.346 e. The average molecular weight is 441 g/mol. The van der Waals surface area contributed by atoms with Crippen LogP contribution >= 0.6 is 0 Å². The fourth-order valence-electron chi connectivity index (χ4n) is 3.15. The van der Waals surface area contributed by atoms with Crippen molar-refractivity contribution in [2.75, 3.05) is 10.6 Å². The molecule has 0 aliphatic heterocycles. The number of hydrogen-bond acceptors (Lipinski definition) is 3. The van der Waals surface area contributed by atoms with Crippen LogP contribution in [0.5, 0.6) is 0 Å². The van der Waals surface area contributed by atoms with E-state index >= 15 is 0 Å². The van der Waals surface area contributed by atoms with Gasteiger partial charge in [-0.15, -0.1) is 0 Å². The van der Waals surface area contributed by atoms with Gasteiger partial charge in [0.15, 0.2) is 0 Å². The molecule has 3 aromatic rings. The van der Waals surface area contributed by atoms with E-state index in [0.29, 0.717) is 16.8 Å². The van der Waals surface area contributed by atoms with Crippen molar-refractivity contribution in [3.8, 4) is 0 Å². The lowest BCUT2D eigenvalue weighted by Gasteiger charge is -2.23. The Kier molecular flexibility index (Phi) is 6.75. The fourth-order valence-corrected chi connectivity index (χ4v) is 4.04. The standard InChI is InChI=1S/C24H25FN2O3S/c1-17-4-8-20(9-5-17)18(2)26-24(28)21-10-14-23(15-11-21)27(31(3,29)30)16-19-6-12-22(25)13-7-19/h4-15,18H,16H2,1-3H3,(H,26,28)/t18-/m0/s1. The predicted octanol–water partition coefficient (Wildman–Crippen LogP) is 4.59. The molecule has 3 aromatic carbocycles. The zero-order valence-corrected chi connectivity index (χ0v) is 18.5. The molecule has 0 radical (unpaired) electrons. The van der Waals surface area contributed by atoms with Crippen LogP contribution in [0.1, 0.15) is 40.0 Å². The second-order valence-electron chi connectivity index (χ2n) is 7.55. The van der Waals surface area contributed by atoms with E-state index in [9.17, 15) is 17.6 Å². The molecule has 0 fully saturated rings. The molecular formula is C24H25FN2O3S. The van der Waals surface area contributed by atoms with E-state index in [2.05, 4.69) is 5.32 Å². The monoisotopic (exact) mass is 440 g/mol. The Morgan fingerprint density at radius 2 is 1.55 bits per heavy atom. The molecule has 0 aliphatic rings. The molecule has 3 rings (SSSR count). The highest BCUT2D eigenvalue weighted by Crippen LogP contribution is 2.22. The fraction of sp³-hybridized carbons (Fsp3) is 0.208. The van der Waals surface area contributed by atoms with Crippen molar-refractivity contribution in [3.63, 3.8) is 0 Å². The molecule has 7 heteroatoms. The van der Waals surface area contributed by atoms with Crippen molar-refractivity contribution in [2.24, 2.45) is 0 Å². The molecular weight excluding hydrogens is 415 g/mol. The Balaban J connectivity index is 1.75. The summed E-state index contributed by atoms with van der Waals surface area (Å²) in [6, 6.07) is 19.8. The number of anilines is 1. The highest BCUT2D eigenvalue weighted by molar-refractivity contribution is 7.92. The first-order chi connectivity index (χ1) is 14.6. The number of sulfonamides is 1. The van der Waals surface area contributed by atoms with Gasteiger partial charge in [0.1, 0.15) is 5.82 Å². The topological polar surface area (TPSA) is 66.5 Å². The molecule has 0 saturated carbocycles. The number of halogens is 1. The van der Waals surface area contributed by atoms with Crippen LogP contribution in [0.15, 0.2) is 72.8 Å². The van der Waals surface area contributed by atoms with Crippen molar-refractivity contribution >= 4 is 21.6 Å². The van der Waals surface area contributed by atoms with Crippen LogP contribution in [0.2, 0.25) is 0 Å². The second-order valence-corrected chi connectivity index (χ2v) is 9.46. The Bertz CT molecular complexity index is 1140. The quantitative estimate of drug-likeness (QED) is 0.584. The third-order valence-corrected chi connectivity index (χ3v) is 6.12. The normalized spacial score (nSPS) is 12.3. The summed E-state index contributed by atoms with van der Waals surface area (Å²) in [5, 5.41) is 2.95. The first-order valence-corrected chi connectivity index (χ1v) is 11.7. The van der Waals surface area contributed by atoms with Gasteiger partial charge in [0.05, 0.1) is 24.5 Å². The summed E-state index contributed by atoms with van der Waals surface area (Å²) < 4.78 is 39.0. The summed E-state index contributed by atoms with van der Waals surface area (Å²) in [6.07, 6.45) is 1.11. The molecule has 0 unspecified atom stereocenters. The molecule has 5 nitrogen and oxygen atoms in total. The molecule has 1 atom stereocenters. The van der Waals surface area contributed by atoms with Gasteiger partial charge in [0, 0.05) is 5.56 Å². The van der Waals surface area contributed by atoms with Gasteiger partial charge in [0.25, 0.3) is 5.91 Å². The van der Waals surface area contributed by atoms with Gasteiger partial charge in [0.2, 0.25) is 10.0 Å². The van der Waals surface area contributed by atoms with Gasteiger partial charge in [-0.1, -0.05) is 42.0 Å². The van der Waals surface area contributed by atoms with Crippen molar-refractivity contribution in [1.29, 1.82) is 0 Å². The minimum atomic E-state index is -3.58. The lowest BCUT2D eigenvalue weighted by Crippen LogP contribution is -2.29. The minimum absolute atomic E-state index is 0.0646. The highest BCUT2D eigenvalue weighted by Gasteiger charge is 2.19. The summed E-state index contributed by atoms with van der Waals surface area (Å²) in [6.45, 7) is 3.98. The average Bonchev–Trinajstić information content (AvgIpc) is 2.73. The van der Waals surface area contributed by atoms with E-state index < -0.39 is 10.0 Å². The lowest BCUT2D eigenvalue weighted by atomic mass is 10.1. The van der Waals surface area contributed by atoms with E-state index in [-0.39, 0.29) is 24.3 Å². The molecule has 0 spiro atoms. The van der Waals surface area contributed by atoms with Crippen LogP contribution in [-0.2, 0) is 16.6 Å². The summed E-state index contributed by atoms with van der Waals surface area (Å²) >= 11 is 0. The summed E-state index contributed by atoms with van der Waals surface area (Å²) in [5.74, 6) is -0.631. The number of carbonyl (C=O) groups is 1. The smallest absolute Gasteiger partial charge is 0.251 e. The Morgan fingerprint density at radius 3 is 2.10 bits per heavy atom. The molecule has 0 bridgehead atoms. The summed E-state index contributed by atoms with van der Waals surface area (Å²) in [5.41, 5.74) is 3.65. The van der Waals surface area contributed by atoms with Crippen LogP contribution in [0.3, 0.4) is 0 Å². The molecule has 1 N–H and O–H groups in total. The van der Waals surface area contributed by atoms with Crippen LogP contribution < -0.4 is 9.62 Å². The second kappa shape index (κ2) is 9.31. The van der Waals surface area contributed by atoms with Gasteiger partial charge in [-0.25, -0.2) is 12.8 Å². The van der Waals surface area contributed by atoms with Crippen LogP contribution in [0, 0.1) is 12.7 Å². The van der Waals surface area contributed by atoms with Gasteiger partial charge < -0.3 is 5.32 Å². The Labute approximate surface area is 182 Å². The van der Waals surface area contributed by atoms with Gasteiger partial charge in [-0.05, 0) is 61.4 Å². The van der Waals surface area contributed by atoms with E-state index in [1.807, 2.05) is 38.1 Å². The van der Waals surface area contributed by atoms with Crippen molar-refractivity contribution in [2.45, 2.75) is 26.4 Å². The summed E-state index contributed by atoms with van der Waals surface area (Å²) in [7, 11) is -3.58. The van der Waals surface area contributed by atoms with E-state index in [4.69, 9.17) is 0 Å². The molecule has 162 valence electrons. The molecule has 1 amide bonds. The van der Waals surface area contributed by atoms with E-state index in [1.165, 1.54) is 16.4 Å². The van der Waals surface area contributed by atoms with Crippen molar-refractivity contribution in [1.82, 2.24) is 5.32 Å². The number of hydrogen-bond donors (Lipinski definition) is 1. The maximum absolute atomic E-state index is 13.1. The third kappa shape index (κ3) is 5.92. The van der Waals surface area contributed by atoms with Crippen LogP contribution in [-0.4, -0.2) is 20.6 Å². The number of nitrogens with zero attached hydrogens (tertiary/aromatic N) is 1. The summed E-state index contributed by atoms with van der Waals surface area (Å²) in [4.78, 5) is 12.6. The molecule has 0 aliphatic carbocycles. The van der Waals surface area contributed by atoms with Gasteiger partial charge in [-0.3, -0.25) is 9.10 Å². The molecule has 0 aromatic heterocycles. The first kappa shape index (κ1) is 22.5. The number of nitrogens with one attached hydrogen (secondary N) is 1. The van der Waals surface area contributed by atoms with Gasteiger partial charge >= 0.3 is 0 Å². The highest BCUT2D eigenvalue weighted by atomic mass is 32.2. The number of amides is 1. The number of carbonyl (C=O) groups excluding carboxylic acids is 1. The maximum atomic E-state index is 13.1. The van der Waals surface area contributed by atoms with Crippen LogP contribution in [0.25, 0.3) is 0 Å². The first-order valence-electron chi connectivity index (χ1n) is 9.83. The molecule has 31 heavy (non-hydrogen) atoms. The van der Waals surface area contributed by atoms with Crippen molar-refractivity contribution < 1.29 is 17.6 Å². The Morgan fingerprint density at radius 1 is 0.968 bits per heavy atom. The van der Waals surface area contributed by atoms with Crippen molar-refractivity contribution in [3.05, 3.63) is 101 Å². The third-order valence-electron chi connectivity index (χ3n) is 4.98.